The molecule has 1 aromatic heterocycles. The van der Waals surface area contributed by atoms with Gasteiger partial charge in [-0.3, -0.25) is 5.43 Å². The van der Waals surface area contributed by atoms with Crippen LogP contribution in [-0.2, 0) is 0 Å². The minimum absolute atomic E-state index is 0.285. The van der Waals surface area contributed by atoms with Crippen molar-refractivity contribution >= 4 is 28.8 Å². The van der Waals surface area contributed by atoms with Crippen molar-refractivity contribution in [3.05, 3.63) is 29.9 Å². The smallest absolute Gasteiger partial charge is 0.239 e. The van der Waals surface area contributed by atoms with Crippen molar-refractivity contribution in [2.75, 3.05) is 0 Å². The fourth-order valence-corrected chi connectivity index (χ4v) is 1.18. The minimum Gasteiger partial charge on any atom is -0.465 e. The number of hydrogen-bond donors (Lipinski definition) is 2. The molecule has 0 bridgehead atoms. The van der Waals surface area contributed by atoms with Gasteiger partial charge in [0.1, 0.15) is 11.5 Å². The summed E-state index contributed by atoms with van der Waals surface area (Å²) in [6.45, 7) is 0. The molecule has 2 rings (SSSR count). The van der Waals surface area contributed by atoms with Crippen LogP contribution in [0, 0.1) is 0 Å². The molecule has 1 aromatic rings. The zero-order valence-electron chi connectivity index (χ0n) is 7.07. The Morgan fingerprint density at radius 3 is 2.93 bits per heavy atom. The zero-order chi connectivity index (χ0) is 9.97. The molecule has 0 aliphatic carbocycles. The summed E-state index contributed by atoms with van der Waals surface area (Å²) in [5.74, 6) is 6.08. The van der Waals surface area contributed by atoms with E-state index in [-0.39, 0.29) is 11.1 Å². The molecule has 1 aliphatic rings. The van der Waals surface area contributed by atoms with Crippen LogP contribution in [0.2, 0.25) is 0 Å². The number of aliphatic imine (C=N–C) groups is 2. The van der Waals surface area contributed by atoms with Gasteiger partial charge in [-0.25, -0.2) is 10.8 Å². The van der Waals surface area contributed by atoms with E-state index < -0.39 is 0 Å². The third-order valence-corrected chi connectivity index (χ3v) is 1.87. The molecular weight excluding hydrogens is 204 g/mol. The number of nitrogens with one attached hydrogen (secondary N) is 1. The maximum atomic E-state index is 5.80. The number of nitrogens with zero attached hydrogens (tertiary/aromatic N) is 2. The Hall–Kier alpha value is -1.59. The first-order valence-electron chi connectivity index (χ1n) is 3.84. The van der Waals surface area contributed by atoms with E-state index in [1.165, 1.54) is 0 Å². The van der Waals surface area contributed by atoms with Gasteiger partial charge in [0.25, 0.3) is 0 Å². The quantitative estimate of drug-likeness (QED) is 0.538. The average molecular weight is 211 g/mol. The molecule has 14 heavy (non-hydrogen) atoms. The lowest BCUT2D eigenvalue weighted by atomic mass is 10.3. The van der Waals surface area contributed by atoms with Gasteiger partial charge in [-0.2, -0.15) is 4.99 Å². The maximum Gasteiger partial charge on any atom is 0.239 e. The lowest BCUT2D eigenvalue weighted by Crippen LogP contribution is -2.27. The van der Waals surface area contributed by atoms with Crippen LogP contribution in [0.5, 0.6) is 0 Å². The van der Waals surface area contributed by atoms with Crippen LogP contribution in [0.4, 0.5) is 0 Å². The number of allylic oxidation sites excluding steroid dienone is 1. The molecule has 0 fully saturated rings. The van der Waals surface area contributed by atoms with Crippen LogP contribution >= 0.6 is 11.6 Å². The van der Waals surface area contributed by atoms with Crippen molar-refractivity contribution in [2.24, 2.45) is 15.8 Å². The summed E-state index contributed by atoms with van der Waals surface area (Å²) in [5.41, 5.74) is 2.83. The maximum absolute atomic E-state index is 5.80. The lowest BCUT2D eigenvalue weighted by molar-refractivity contribution is 0.557. The van der Waals surface area contributed by atoms with Crippen LogP contribution in [0.3, 0.4) is 0 Å². The van der Waals surface area contributed by atoms with Crippen LogP contribution < -0.4 is 11.3 Å². The largest absolute Gasteiger partial charge is 0.465 e. The summed E-state index contributed by atoms with van der Waals surface area (Å²) in [5, 5.41) is 0.286. The monoisotopic (exact) mass is 210 g/mol. The van der Waals surface area contributed by atoms with E-state index in [2.05, 4.69) is 15.4 Å². The molecule has 2 heterocycles. The van der Waals surface area contributed by atoms with Gasteiger partial charge in [-0.15, -0.1) is 0 Å². The van der Waals surface area contributed by atoms with Crippen molar-refractivity contribution in [1.29, 1.82) is 0 Å². The second kappa shape index (κ2) is 3.65. The fraction of sp³-hybridized carbons (Fsp3) is 0. The minimum atomic E-state index is 0.285. The van der Waals surface area contributed by atoms with E-state index in [4.69, 9.17) is 21.9 Å². The number of halogens is 1. The molecule has 0 atom stereocenters. The summed E-state index contributed by atoms with van der Waals surface area (Å²) in [7, 11) is 0. The summed E-state index contributed by atoms with van der Waals surface area (Å²) in [6, 6.07) is 3.57. The van der Waals surface area contributed by atoms with Gasteiger partial charge in [0.15, 0.2) is 5.17 Å². The summed E-state index contributed by atoms with van der Waals surface area (Å²) >= 11 is 5.80. The molecule has 0 amide bonds. The molecule has 0 saturated carbocycles. The number of hydrazine groups is 1. The summed E-state index contributed by atoms with van der Waals surface area (Å²) < 4.78 is 5.10. The van der Waals surface area contributed by atoms with Gasteiger partial charge >= 0.3 is 0 Å². The molecule has 6 heteroatoms. The molecule has 0 saturated heterocycles. The van der Waals surface area contributed by atoms with Crippen LogP contribution in [0.1, 0.15) is 5.76 Å². The van der Waals surface area contributed by atoms with E-state index >= 15 is 0 Å². The summed E-state index contributed by atoms with van der Waals surface area (Å²) in [6.07, 6.45) is 3.24. The van der Waals surface area contributed by atoms with E-state index in [0.29, 0.717) is 11.5 Å². The molecular formula is C8H7ClN4O. The van der Waals surface area contributed by atoms with Crippen molar-refractivity contribution < 1.29 is 4.42 Å². The van der Waals surface area contributed by atoms with Gasteiger partial charge in [-0.05, 0) is 12.1 Å². The molecule has 72 valence electrons. The molecule has 0 radical (unpaired) electrons. The van der Waals surface area contributed by atoms with Crippen molar-refractivity contribution in [3.63, 3.8) is 0 Å². The Labute approximate surface area is 84.9 Å². The molecule has 1 aliphatic heterocycles. The SMILES string of the molecule is NNC1=N/C(=C\c2ccco2)C(Cl)=N1. The van der Waals surface area contributed by atoms with Crippen LogP contribution in [-0.4, -0.2) is 11.1 Å². The number of furan rings is 1. The standard InChI is InChI=1S/C8H7ClN4O/c9-7-6(11-8(12-7)13-10)4-5-2-1-3-14-5/h1-4H,10H2,(H,11,13)/b6-4-. The Balaban J connectivity index is 2.29. The topological polar surface area (TPSA) is 75.9 Å². The highest BCUT2D eigenvalue weighted by Crippen LogP contribution is 2.16. The fourth-order valence-electron chi connectivity index (χ4n) is 1.000. The van der Waals surface area contributed by atoms with Gasteiger partial charge in [-0.1, -0.05) is 11.6 Å². The second-order valence-electron chi connectivity index (χ2n) is 2.53. The predicted octanol–water partition coefficient (Wildman–Crippen LogP) is 1.09. The highest BCUT2D eigenvalue weighted by molar-refractivity contribution is 6.71. The number of hydrogen-bond acceptors (Lipinski definition) is 5. The van der Waals surface area contributed by atoms with Gasteiger partial charge in [0.05, 0.1) is 6.26 Å². The highest BCUT2D eigenvalue weighted by Gasteiger charge is 2.13. The van der Waals surface area contributed by atoms with E-state index in [0.717, 1.165) is 0 Å². The predicted molar refractivity (Wildman–Crippen MR) is 54.7 cm³/mol. The van der Waals surface area contributed by atoms with Gasteiger partial charge in [0, 0.05) is 6.08 Å². The van der Waals surface area contributed by atoms with Crippen LogP contribution in [0.25, 0.3) is 6.08 Å². The molecule has 0 unspecified atom stereocenters. The van der Waals surface area contributed by atoms with E-state index in [1.807, 2.05) is 0 Å². The van der Waals surface area contributed by atoms with Crippen molar-refractivity contribution in [2.45, 2.75) is 0 Å². The van der Waals surface area contributed by atoms with Crippen molar-refractivity contribution in [1.82, 2.24) is 5.43 Å². The Morgan fingerprint density at radius 1 is 1.50 bits per heavy atom. The first-order chi connectivity index (χ1) is 6.79. The Kier molecular flexibility index (Phi) is 2.34. The van der Waals surface area contributed by atoms with E-state index in [9.17, 15) is 0 Å². The molecule has 0 aromatic carbocycles. The molecule has 5 nitrogen and oxygen atoms in total. The van der Waals surface area contributed by atoms with Crippen molar-refractivity contribution in [3.8, 4) is 0 Å². The Morgan fingerprint density at radius 2 is 2.36 bits per heavy atom. The zero-order valence-corrected chi connectivity index (χ0v) is 7.82. The van der Waals surface area contributed by atoms with E-state index in [1.54, 1.807) is 24.5 Å². The molecule has 0 spiro atoms. The first kappa shape index (κ1) is 8.98. The number of nitrogens with two attached hydrogens (primary N) is 1. The summed E-state index contributed by atoms with van der Waals surface area (Å²) in [4.78, 5) is 7.86. The Bertz CT molecular complexity index is 419. The lowest BCUT2D eigenvalue weighted by Gasteiger charge is -1.89. The number of rotatable bonds is 1. The molecule has 3 N–H and O–H groups in total. The normalized spacial score (nSPS) is 18.3. The van der Waals surface area contributed by atoms with Gasteiger partial charge in [0.2, 0.25) is 5.96 Å². The first-order valence-corrected chi connectivity index (χ1v) is 4.22. The highest BCUT2D eigenvalue weighted by atomic mass is 35.5. The van der Waals surface area contributed by atoms with Gasteiger partial charge < -0.3 is 4.42 Å². The second-order valence-corrected chi connectivity index (χ2v) is 2.89. The average Bonchev–Trinajstić information content (AvgIpc) is 2.78. The number of guanidine groups is 1. The third-order valence-electron chi connectivity index (χ3n) is 1.59. The third kappa shape index (κ3) is 1.68. The van der Waals surface area contributed by atoms with Crippen LogP contribution in [0.15, 0.2) is 38.5 Å².